The highest BCUT2D eigenvalue weighted by Crippen LogP contribution is 2.12. The van der Waals surface area contributed by atoms with Crippen LogP contribution in [0.5, 0.6) is 5.75 Å². The molecule has 1 aromatic carbocycles. The van der Waals surface area contributed by atoms with Crippen LogP contribution in [-0.2, 0) is 0 Å². The molecule has 0 heterocycles. The van der Waals surface area contributed by atoms with E-state index >= 15 is 0 Å². The van der Waals surface area contributed by atoms with E-state index in [1.54, 1.807) is 24.3 Å². The van der Waals surface area contributed by atoms with Crippen molar-refractivity contribution in [2.45, 2.75) is 6.42 Å². The molecule has 4 heteroatoms. The fraction of sp³-hybridized carbons (Fsp3) is 0.300. The molecule has 0 aromatic heterocycles. The van der Waals surface area contributed by atoms with Crippen LogP contribution in [0.2, 0.25) is 0 Å². The van der Waals surface area contributed by atoms with Crippen LogP contribution in [0, 0.1) is 0 Å². The summed E-state index contributed by atoms with van der Waals surface area (Å²) < 4.78 is 16.9. The number of carbonyl (C=O) groups excluding carboxylic acids is 1. The second kappa shape index (κ2) is 5.21. The highest BCUT2D eigenvalue weighted by atomic mass is 19.1. The van der Waals surface area contributed by atoms with Gasteiger partial charge in [0, 0.05) is 12.0 Å². The third kappa shape index (κ3) is 3.05. The molecule has 1 aromatic rings. The van der Waals surface area contributed by atoms with Crippen LogP contribution in [0.3, 0.4) is 0 Å². The molecule has 0 radical (unpaired) electrons. The fourth-order valence-corrected chi connectivity index (χ4v) is 0.984. The summed E-state index contributed by atoms with van der Waals surface area (Å²) in [7, 11) is 0. The number of rotatable bonds is 5. The zero-order valence-electron chi connectivity index (χ0n) is 7.70. The molecule has 0 bridgehead atoms. The van der Waals surface area contributed by atoms with Crippen molar-refractivity contribution in [3.8, 4) is 5.75 Å². The molecule has 0 aliphatic heterocycles. The minimum absolute atomic E-state index is 0.304. The van der Waals surface area contributed by atoms with E-state index in [1.807, 2.05) is 0 Å². The lowest BCUT2D eigenvalue weighted by Gasteiger charge is -2.05. The van der Waals surface area contributed by atoms with Crippen LogP contribution >= 0.6 is 0 Å². The van der Waals surface area contributed by atoms with Crippen molar-refractivity contribution in [1.29, 1.82) is 0 Å². The highest BCUT2D eigenvalue weighted by Gasteiger charge is 2.01. The van der Waals surface area contributed by atoms with Crippen molar-refractivity contribution in [1.82, 2.24) is 0 Å². The molecule has 1 rings (SSSR count). The van der Waals surface area contributed by atoms with Gasteiger partial charge < -0.3 is 10.5 Å². The molecule has 0 saturated carbocycles. The van der Waals surface area contributed by atoms with Gasteiger partial charge in [0.15, 0.2) is 0 Å². The van der Waals surface area contributed by atoms with Gasteiger partial charge in [-0.25, -0.2) is 0 Å². The zero-order chi connectivity index (χ0) is 10.4. The molecule has 2 N–H and O–H groups in total. The van der Waals surface area contributed by atoms with Crippen LogP contribution < -0.4 is 10.5 Å². The Balaban J connectivity index is 2.59. The van der Waals surface area contributed by atoms with Crippen LogP contribution in [0.1, 0.15) is 16.8 Å². The van der Waals surface area contributed by atoms with E-state index in [0.29, 0.717) is 24.3 Å². The van der Waals surface area contributed by atoms with Gasteiger partial charge in [0.1, 0.15) is 5.75 Å². The molecule has 0 aliphatic rings. The van der Waals surface area contributed by atoms with Gasteiger partial charge in [-0.2, -0.15) is 0 Å². The van der Waals surface area contributed by atoms with Crippen molar-refractivity contribution >= 4 is 5.91 Å². The summed E-state index contributed by atoms with van der Waals surface area (Å²) in [6.07, 6.45) is 0.348. The lowest BCUT2D eigenvalue weighted by Crippen LogP contribution is -2.10. The highest BCUT2D eigenvalue weighted by molar-refractivity contribution is 5.93. The minimum atomic E-state index is -0.499. The second-order valence-electron chi connectivity index (χ2n) is 2.78. The Morgan fingerprint density at radius 3 is 2.93 bits per heavy atom. The maximum Gasteiger partial charge on any atom is 0.248 e. The number of hydrogen-bond donors (Lipinski definition) is 1. The van der Waals surface area contributed by atoms with Crippen molar-refractivity contribution < 1.29 is 13.9 Å². The predicted molar refractivity (Wildman–Crippen MR) is 51.0 cm³/mol. The van der Waals surface area contributed by atoms with E-state index in [2.05, 4.69) is 0 Å². The standard InChI is InChI=1S/C10H12FNO2/c11-5-2-6-14-9-4-1-3-8(7-9)10(12)13/h1,3-4,7H,2,5-6H2,(H2,12,13). The first-order valence-electron chi connectivity index (χ1n) is 4.32. The van der Waals surface area contributed by atoms with Gasteiger partial charge in [0.2, 0.25) is 5.91 Å². The molecule has 0 atom stereocenters. The molecule has 0 fully saturated rings. The number of nitrogens with two attached hydrogens (primary N) is 1. The monoisotopic (exact) mass is 197 g/mol. The lowest BCUT2D eigenvalue weighted by atomic mass is 10.2. The first-order chi connectivity index (χ1) is 6.74. The van der Waals surface area contributed by atoms with Crippen molar-refractivity contribution in [3.63, 3.8) is 0 Å². The number of primary amides is 1. The van der Waals surface area contributed by atoms with Gasteiger partial charge in [-0.1, -0.05) is 6.07 Å². The van der Waals surface area contributed by atoms with E-state index in [1.165, 1.54) is 0 Å². The largest absolute Gasteiger partial charge is 0.493 e. The summed E-state index contributed by atoms with van der Waals surface area (Å²) in [5.74, 6) is 0.0377. The summed E-state index contributed by atoms with van der Waals surface area (Å²) in [4.78, 5) is 10.8. The van der Waals surface area contributed by atoms with Crippen LogP contribution in [0.15, 0.2) is 24.3 Å². The number of benzene rings is 1. The molecule has 14 heavy (non-hydrogen) atoms. The first-order valence-corrected chi connectivity index (χ1v) is 4.32. The van der Waals surface area contributed by atoms with Crippen LogP contribution in [-0.4, -0.2) is 19.2 Å². The Bertz CT molecular complexity index is 315. The van der Waals surface area contributed by atoms with Gasteiger partial charge in [0.25, 0.3) is 0 Å². The summed E-state index contributed by atoms with van der Waals surface area (Å²) in [6, 6.07) is 6.51. The van der Waals surface area contributed by atoms with E-state index in [0.717, 1.165) is 0 Å². The van der Waals surface area contributed by atoms with E-state index in [9.17, 15) is 9.18 Å². The molecule has 0 unspecified atom stereocenters. The summed E-state index contributed by atoms with van der Waals surface area (Å²) in [5.41, 5.74) is 5.47. The average Bonchev–Trinajstić information content (AvgIpc) is 2.19. The summed E-state index contributed by atoms with van der Waals surface area (Å²) in [5, 5.41) is 0. The first kappa shape index (κ1) is 10.5. The molecule has 0 aliphatic carbocycles. The van der Waals surface area contributed by atoms with Crippen LogP contribution in [0.4, 0.5) is 4.39 Å². The third-order valence-electron chi connectivity index (χ3n) is 1.67. The molecule has 0 spiro atoms. The number of halogens is 1. The predicted octanol–water partition coefficient (Wildman–Crippen LogP) is 1.52. The van der Waals surface area contributed by atoms with E-state index in [-0.39, 0.29) is 0 Å². The average molecular weight is 197 g/mol. The molecule has 0 saturated heterocycles. The van der Waals surface area contributed by atoms with Crippen molar-refractivity contribution in [2.24, 2.45) is 5.73 Å². The van der Waals surface area contributed by atoms with Crippen molar-refractivity contribution in [2.75, 3.05) is 13.3 Å². The van der Waals surface area contributed by atoms with Gasteiger partial charge in [-0.15, -0.1) is 0 Å². The number of alkyl halides is 1. The molecular weight excluding hydrogens is 185 g/mol. The van der Waals surface area contributed by atoms with Gasteiger partial charge >= 0.3 is 0 Å². The van der Waals surface area contributed by atoms with E-state index < -0.39 is 12.6 Å². The minimum Gasteiger partial charge on any atom is -0.493 e. The Labute approximate surface area is 81.7 Å². The Hall–Kier alpha value is -1.58. The van der Waals surface area contributed by atoms with Crippen LogP contribution in [0.25, 0.3) is 0 Å². The zero-order valence-corrected chi connectivity index (χ0v) is 7.70. The van der Waals surface area contributed by atoms with E-state index in [4.69, 9.17) is 10.5 Å². The fourth-order valence-electron chi connectivity index (χ4n) is 0.984. The van der Waals surface area contributed by atoms with Gasteiger partial charge in [-0.05, 0) is 18.2 Å². The molecule has 1 amide bonds. The molecule has 3 nitrogen and oxygen atoms in total. The summed E-state index contributed by atoms with van der Waals surface area (Å²) >= 11 is 0. The third-order valence-corrected chi connectivity index (χ3v) is 1.67. The van der Waals surface area contributed by atoms with Gasteiger partial charge in [-0.3, -0.25) is 9.18 Å². The molecular formula is C10H12FNO2. The Morgan fingerprint density at radius 1 is 1.50 bits per heavy atom. The normalized spacial score (nSPS) is 9.79. The second-order valence-corrected chi connectivity index (χ2v) is 2.78. The van der Waals surface area contributed by atoms with Crippen molar-refractivity contribution in [3.05, 3.63) is 29.8 Å². The van der Waals surface area contributed by atoms with Gasteiger partial charge in [0.05, 0.1) is 13.3 Å². The Kier molecular flexibility index (Phi) is 3.91. The Morgan fingerprint density at radius 2 is 2.29 bits per heavy atom. The number of ether oxygens (including phenoxy) is 1. The number of carbonyl (C=O) groups is 1. The SMILES string of the molecule is NC(=O)c1cccc(OCCCF)c1. The lowest BCUT2D eigenvalue weighted by molar-refractivity contribution is 0.1000. The smallest absolute Gasteiger partial charge is 0.248 e. The summed E-state index contributed by atoms with van der Waals surface area (Å²) in [6.45, 7) is -0.103. The maximum absolute atomic E-state index is 11.7. The number of amides is 1. The number of hydrogen-bond acceptors (Lipinski definition) is 2. The maximum atomic E-state index is 11.7. The molecule has 76 valence electrons. The quantitative estimate of drug-likeness (QED) is 0.727. The topological polar surface area (TPSA) is 52.3 Å².